The van der Waals surface area contributed by atoms with E-state index in [-0.39, 0.29) is 18.0 Å². The van der Waals surface area contributed by atoms with Gasteiger partial charge in [-0.2, -0.15) is 28.8 Å². The highest BCUT2D eigenvalue weighted by Gasteiger charge is 2.20. The second-order valence-electron chi connectivity index (χ2n) is 3.88. The van der Waals surface area contributed by atoms with Gasteiger partial charge in [-0.05, 0) is 30.6 Å². The molecule has 0 amide bonds. The molecule has 0 spiro atoms. The van der Waals surface area contributed by atoms with Crippen LogP contribution in [0, 0.1) is 17.2 Å². The van der Waals surface area contributed by atoms with Gasteiger partial charge in [-0.25, -0.2) is 0 Å². The number of ether oxygens (including phenoxy) is 1. The van der Waals surface area contributed by atoms with Crippen LogP contribution in [0.4, 0.5) is 0 Å². The molecule has 0 saturated heterocycles. The summed E-state index contributed by atoms with van der Waals surface area (Å²) in [6.07, 6.45) is 0.946. The van der Waals surface area contributed by atoms with Crippen LogP contribution in [0.15, 0.2) is 0 Å². The van der Waals surface area contributed by atoms with Crippen molar-refractivity contribution in [2.24, 2.45) is 5.92 Å². The first-order valence-corrected chi connectivity index (χ1v) is 8.71. The van der Waals surface area contributed by atoms with Crippen LogP contribution in [0.25, 0.3) is 0 Å². The van der Waals surface area contributed by atoms with Crippen LogP contribution in [-0.2, 0) is 9.53 Å². The molecule has 0 fully saturated rings. The molecule has 0 heterocycles. The van der Waals surface area contributed by atoms with Crippen molar-refractivity contribution in [3.8, 4) is 6.07 Å². The number of carbonyl (C=O) groups is 1. The number of rotatable bonds is 10. The third-order valence-electron chi connectivity index (χ3n) is 2.45. The molecule has 104 valence electrons. The summed E-state index contributed by atoms with van der Waals surface area (Å²) in [5.74, 6) is 3.39. The molecule has 2 atom stereocenters. The molecular formula is C13H23NO2S2. The Bertz CT molecular complexity index is 266. The molecule has 5 heteroatoms. The monoisotopic (exact) mass is 289 g/mol. The molecular weight excluding hydrogens is 266 g/mol. The summed E-state index contributed by atoms with van der Waals surface area (Å²) in [6.45, 7) is 5.98. The molecule has 0 aliphatic heterocycles. The molecule has 2 unspecified atom stereocenters. The smallest absolute Gasteiger partial charge is 0.306 e. The zero-order valence-corrected chi connectivity index (χ0v) is 13.1. The molecule has 0 aliphatic rings. The molecule has 0 radical (unpaired) electrons. The summed E-state index contributed by atoms with van der Waals surface area (Å²) in [5.41, 5.74) is 0. The van der Waals surface area contributed by atoms with E-state index >= 15 is 0 Å². The largest absolute Gasteiger partial charge is 0.461 e. The van der Waals surface area contributed by atoms with E-state index in [9.17, 15) is 4.79 Å². The number of carbonyl (C=O) groups excluding carboxylic acids is 1. The van der Waals surface area contributed by atoms with Crippen molar-refractivity contribution in [1.82, 2.24) is 0 Å². The van der Waals surface area contributed by atoms with Crippen molar-refractivity contribution in [1.29, 1.82) is 5.26 Å². The van der Waals surface area contributed by atoms with E-state index in [0.717, 1.165) is 29.4 Å². The first-order valence-electron chi connectivity index (χ1n) is 6.40. The van der Waals surface area contributed by atoms with Crippen molar-refractivity contribution >= 4 is 29.5 Å². The molecule has 0 aromatic carbocycles. The standard InChI is InChI=1S/C13H23NO2S2/c1-4-17-8-6-12(11(3)10-14)16-13(15)7-9-18-5-2/h11-12H,4-9H2,1-3H3. The van der Waals surface area contributed by atoms with Gasteiger partial charge in [0.15, 0.2) is 0 Å². The van der Waals surface area contributed by atoms with Gasteiger partial charge in [0, 0.05) is 5.75 Å². The lowest BCUT2D eigenvalue weighted by molar-refractivity contribution is -0.150. The first-order chi connectivity index (χ1) is 8.65. The van der Waals surface area contributed by atoms with Crippen molar-refractivity contribution in [2.45, 2.75) is 39.7 Å². The fourth-order valence-corrected chi connectivity index (χ4v) is 2.65. The Balaban J connectivity index is 4.06. The van der Waals surface area contributed by atoms with Crippen LogP contribution in [0.1, 0.15) is 33.6 Å². The Kier molecular flexibility index (Phi) is 11.5. The molecule has 0 rings (SSSR count). The SMILES string of the molecule is CCSCCC(=O)OC(CCSCC)C(C)C#N. The average molecular weight is 289 g/mol. The van der Waals surface area contributed by atoms with Crippen LogP contribution in [0.2, 0.25) is 0 Å². The second-order valence-corrected chi connectivity index (χ2v) is 6.67. The lowest BCUT2D eigenvalue weighted by Gasteiger charge is -2.19. The third kappa shape index (κ3) is 8.71. The zero-order chi connectivity index (χ0) is 13.8. The summed E-state index contributed by atoms with van der Waals surface area (Å²) in [6, 6.07) is 2.17. The van der Waals surface area contributed by atoms with Gasteiger partial charge in [-0.15, -0.1) is 0 Å². The van der Waals surface area contributed by atoms with Gasteiger partial charge in [0.25, 0.3) is 0 Å². The van der Waals surface area contributed by atoms with E-state index in [2.05, 4.69) is 19.9 Å². The molecule has 0 aliphatic carbocycles. The Morgan fingerprint density at radius 2 is 1.89 bits per heavy atom. The molecule has 0 aromatic rings. The Morgan fingerprint density at radius 1 is 1.28 bits per heavy atom. The number of nitrogens with zero attached hydrogens (tertiary/aromatic N) is 1. The van der Waals surface area contributed by atoms with E-state index in [1.165, 1.54) is 0 Å². The maximum atomic E-state index is 11.6. The number of thioether (sulfide) groups is 2. The van der Waals surface area contributed by atoms with Crippen LogP contribution in [0.5, 0.6) is 0 Å². The van der Waals surface area contributed by atoms with Gasteiger partial charge in [0.05, 0.1) is 18.4 Å². The van der Waals surface area contributed by atoms with Gasteiger partial charge in [-0.1, -0.05) is 13.8 Å². The van der Waals surface area contributed by atoms with Crippen molar-refractivity contribution in [3.05, 3.63) is 0 Å². The maximum absolute atomic E-state index is 11.6. The van der Waals surface area contributed by atoms with Gasteiger partial charge >= 0.3 is 5.97 Å². The molecule has 18 heavy (non-hydrogen) atoms. The first kappa shape index (κ1) is 17.7. The Labute approximate surface area is 119 Å². The molecule has 3 nitrogen and oxygen atoms in total. The number of hydrogen-bond acceptors (Lipinski definition) is 5. The Morgan fingerprint density at radius 3 is 2.44 bits per heavy atom. The minimum atomic E-state index is -0.256. The van der Waals surface area contributed by atoms with Crippen molar-refractivity contribution in [3.63, 3.8) is 0 Å². The van der Waals surface area contributed by atoms with Crippen LogP contribution in [-0.4, -0.2) is 35.1 Å². The summed E-state index contributed by atoms with van der Waals surface area (Å²) < 4.78 is 5.41. The minimum absolute atomic E-state index is 0.176. The van der Waals surface area contributed by atoms with Crippen LogP contribution in [0.3, 0.4) is 0 Å². The highest BCUT2D eigenvalue weighted by molar-refractivity contribution is 7.99. The maximum Gasteiger partial charge on any atom is 0.306 e. The second kappa shape index (κ2) is 11.7. The third-order valence-corrected chi connectivity index (χ3v) is 4.28. The number of hydrogen-bond donors (Lipinski definition) is 0. The molecule has 0 saturated carbocycles. The minimum Gasteiger partial charge on any atom is -0.461 e. The van der Waals surface area contributed by atoms with Crippen molar-refractivity contribution in [2.75, 3.05) is 23.0 Å². The van der Waals surface area contributed by atoms with E-state index in [1.807, 2.05) is 18.7 Å². The molecule has 0 N–H and O–H groups in total. The van der Waals surface area contributed by atoms with Gasteiger partial charge < -0.3 is 4.74 Å². The van der Waals surface area contributed by atoms with Gasteiger partial charge in [-0.3, -0.25) is 4.79 Å². The lowest BCUT2D eigenvalue weighted by Crippen LogP contribution is -2.25. The fraction of sp³-hybridized carbons (Fsp3) is 0.846. The summed E-state index contributed by atoms with van der Waals surface area (Å²) >= 11 is 3.54. The van der Waals surface area contributed by atoms with Crippen LogP contribution >= 0.6 is 23.5 Å². The van der Waals surface area contributed by atoms with Crippen LogP contribution < -0.4 is 0 Å². The highest BCUT2D eigenvalue weighted by Crippen LogP contribution is 2.16. The fourth-order valence-electron chi connectivity index (χ4n) is 1.37. The van der Waals surface area contributed by atoms with E-state index in [0.29, 0.717) is 6.42 Å². The quantitative estimate of drug-likeness (QED) is 0.456. The van der Waals surface area contributed by atoms with Gasteiger partial charge in [0.2, 0.25) is 0 Å². The summed E-state index contributed by atoms with van der Waals surface area (Å²) in [7, 11) is 0. The topological polar surface area (TPSA) is 50.1 Å². The Hall–Kier alpha value is -0.340. The lowest BCUT2D eigenvalue weighted by atomic mass is 10.0. The van der Waals surface area contributed by atoms with E-state index < -0.39 is 0 Å². The normalized spacial score (nSPS) is 13.7. The van der Waals surface area contributed by atoms with E-state index in [4.69, 9.17) is 10.00 Å². The summed E-state index contributed by atoms with van der Waals surface area (Å²) in [5, 5.41) is 8.94. The summed E-state index contributed by atoms with van der Waals surface area (Å²) in [4.78, 5) is 11.6. The number of nitriles is 1. The molecule has 0 aromatic heterocycles. The average Bonchev–Trinajstić information content (AvgIpc) is 2.37. The molecule has 0 bridgehead atoms. The van der Waals surface area contributed by atoms with Crippen molar-refractivity contribution < 1.29 is 9.53 Å². The van der Waals surface area contributed by atoms with E-state index in [1.54, 1.807) is 11.8 Å². The predicted octanol–water partition coefficient (Wildman–Crippen LogP) is 3.34. The zero-order valence-electron chi connectivity index (χ0n) is 11.5. The predicted molar refractivity (Wildman–Crippen MR) is 79.9 cm³/mol. The highest BCUT2D eigenvalue weighted by atomic mass is 32.2. The number of esters is 1. The van der Waals surface area contributed by atoms with Gasteiger partial charge in [0.1, 0.15) is 6.10 Å².